The molecule has 0 atom stereocenters. The van der Waals surface area contributed by atoms with Gasteiger partial charge in [0.25, 0.3) is 0 Å². The summed E-state index contributed by atoms with van der Waals surface area (Å²) in [5.74, 6) is 6.00. The van der Waals surface area contributed by atoms with E-state index in [1.54, 1.807) is 13.3 Å². The van der Waals surface area contributed by atoms with Crippen molar-refractivity contribution in [2.24, 2.45) is 10.9 Å². The lowest BCUT2D eigenvalue weighted by molar-refractivity contribution is 0.372. The average Bonchev–Trinajstić information content (AvgIpc) is 2.18. The molecule has 0 unspecified atom stereocenters. The van der Waals surface area contributed by atoms with Crippen LogP contribution in [-0.2, 0) is 6.54 Å². The van der Waals surface area contributed by atoms with Crippen LogP contribution in [0.2, 0.25) is 0 Å². The fraction of sp³-hybridized carbons (Fsp3) is 0.364. The van der Waals surface area contributed by atoms with Crippen molar-refractivity contribution in [1.82, 2.24) is 4.90 Å². The molecule has 0 aromatic heterocycles. The van der Waals surface area contributed by atoms with Gasteiger partial charge in [-0.15, -0.1) is 0 Å². The van der Waals surface area contributed by atoms with E-state index in [0.717, 1.165) is 23.4 Å². The average molecular weight is 207 g/mol. The van der Waals surface area contributed by atoms with Crippen LogP contribution in [0, 0.1) is 0 Å². The zero-order chi connectivity index (χ0) is 11.3. The molecule has 0 saturated carbocycles. The van der Waals surface area contributed by atoms with Gasteiger partial charge in [-0.3, -0.25) is 0 Å². The molecule has 0 bridgehead atoms. The zero-order valence-electron chi connectivity index (χ0n) is 9.40. The molecule has 15 heavy (non-hydrogen) atoms. The molecule has 0 amide bonds. The summed E-state index contributed by atoms with van der Waals surface area (Å²) in [6, 6.07) is 5.87. The molecule has 0 saturated heterocycles. The van der Waals surface area contributed by atoms with Gasteiger partial charge >= 0.3 is 0 Å². The number of ether oxygens (including phenoxy) is 1. The third-order valence-electron chi connectivity index (χ3n) is 2.01. The minimum absolute atomic E-state index is 0.829. The summed E-state index contributed by atoms with van der Waals surface area (Å²) in [5.41, 5.74) is 2.11. The van der Waals surface area contributed by atoms with E-state index in [0.29, 0.717) is 0 Å². The quantitative estimate of drug-likeness (QED) is 0.456. The SMILES string of the molecule is COc1ccc(C=NN)cc1CN(C)C. The Morgan fingerprint density at radius 3 is 2.73 bits per heavy atom. The van der Waals surface area contributed by atoms with Crippen molar-refractivity contribution in [1.29, 1.82) is 0 Å². The van der Waals surface area contributed by atoms with Crippen molar-refractivity contribution < 1.29 is 4.74 Å². The van der Waals surface area contributed by atoms with Crippen LogP contribution in [0.15, 0.2) is 23.3 Å². The van der Waals surface area contributed by atoms with E-state index >= 15 is 0 Å². The van der Waals surface area contributed by atoms with Gasteiger partial charge in [-0.05, 0) is 37.9 Å². The van der Waals surface area contributed by atoms with Crippen molar-refractivity contribution in [2.75, 3.05) is 21.2 Å². The number of benzene rings is 1. The van der Waals surface area contributed by atoms with Crippen molar-refractivity contribution in [3.8, 4) is 5.75 Å². The van der Waals surface area contributed by atoms with Crippen LogP contribution < -0.4 is 10.6 Å². The lowest BCUT2D eigenvalue weighted by Crippen LogP contribution is -2.11. The van der Waals surface area contributed by atoms with Gasteiger partial charge in [0.2, 0.25) is 0 Å². The van der Waals surface area contributed by atoms with Gasteiger partial charge in [0.1, 0.15) is 5.75 Å². The number of nitrogens with two attached hydrogens (primary N) is 1. The van der Waals surface area contributed by atoms with Crippen molar-refractivity contribution in [2.45, 2.75) is 6.54 Å². The van der Waals surface area contributed by atoms with E-state index in [1.165, 1.54) is 0 Å². The summed E-state index contributed by atoms with van der Waals surface area (Å²) in [4.78, 5) is 2.08. The molecule has 0 heterocycles. The maximum atomic E-state index is 5.28. The molecule has 1 aromatic rings. The molecule has 4 heteroatoms. The highest BCUT2D eigenvalue weighted by Crippen LogP contribution is 2.20. The first kappa shape index (κ1) is 11.5. The van der Waals surface area contributed by atoms with Gasteiger partial charge in [-0.25, -0.2) is 0 Å². The smallest absolute Gasteiger partial charge is 0.123 e. The highest BCUT2D eigenvalue weighted by Gasteiger charge is 2.04. The van der Waals surface area contributed by atoms with Crippen molar-refractivity contribution >= 4 is 6.21 Å². The maximum absolute atomic E-state index is 5.28. The van der Waals surface area contributed by atoms with E-state index in [2.05, 4.69) is 10.0 Å². The molecular formula is C11H17N3O. The second-order valence-electron chi connectivity index (χ2n) is 3.59. The number of nitrogens with zero attached hydrogens (tertiary/aromatic N) is 2. The van der Waals surface area contributed by atoms with Crippen LogP contribution in [-0.4, -0.2) is 32.3 Å². The van der Waals surface area contributed by atoms with Crippen LogP contribution in [0.25, 0.3) is 0 Å². The highest BCUT2D eigenvalue weighted by molar-refractivity contribution is 5.80. The van der Waals surface area contributed by atoms with E-state index in [9.17, 15) is 0 Å². The van der Waals surface area contributed by atoms with Gasteiger partial charge in [-0.1, -0.05) is 0 Å². The molecular weight excluding hydrogens is 190 g/mol. The molecule has 0 spiro atoms. The third-order valence-corrected chi connectivity index (χ3v) is 2.01. The summed E-state index contributed by atoms with van der Waals surface area (Å²) >= 11 is 0. The van der Waals surface area contributed by atoms with Gasteiger partial charge in [0.15, 0.2) is 0 Å². The number of hydrogen-bond donors (Lipinski definition) is 1. The standard InChI is InChI=1S/C11H17N3O/c1-14(2)8-10-6-9(7-13-12)4-5-11(10)15-3/h4-7H,8,12H2,1-3H3. The first-order valence-corrected chi connectivity index (χ1v) is 4.72. The second-order valence-corrected chi connectivity index (χ2v) is 3.59. The van der Waals surface area contributed by atoms with E-state index < -0.39 is 0 Å². The lowest BCUT2D eigenvalue weighted by atomic mass is 10.1. The fourth-order valence-corrected chi connectivity index (χ4v) is 1.43. The summed E-state index contributed by atoms with van der Waals surface area (Å²) < 4.78 is 5.28. The first-order chi connectivity index (χ1) is 7.17. The highest BCUT2D eigenvalue weighted by atomic mass is 16.5. The molecule has 0 aliphatic rings. The molecule has 82 valence electrons. The molecule has 0 aliphatic carbocycles. The van der Waals surface area contributed by atoms with Gasteiger partial charge in [0.05, 0.1) is 13.3 Å². The van der Waals surface area contributed by atoms with Crippen molar-refractivity contribution in [3.63, 3.8) is 0 Å². The van der Waals surface area contributed by atoms with E-state index in [-0.39, 0.29) is 0 Å². The predicted octanol–water partition coefficient (Wildman–Crippen LogP) is 1.05. The van der Waals surface area contributed by atoms with Crippen LogP contribution in [0.3, 0.4) is 0 Å². The molecule has 1 rings (SSSR count). The minimum atomic E-state index is 0.829. The zero-order valence-corrected chi connectivity index (χ0v) is 9.40. The Morgan fingerprint density at radius 1 is 1.47 bits per heavy atom. The van der Waals surface area contributed by atoms with Gasteiger partial charge in [-0.2, -0.15) is 5.10 Å². The Labute approximate surface area is 90.3 Å². The monoisotopic (exact) mass is 207 g/mol. The number of rotatable bonds is 4. The number of hydrazone groups is 1. The van der Waals surface area contributed by atoms with Crippen LogP contribution in [0.4, 0.5) is 0 Å². The van der Waals surface area contributed by atoms with Crippen LogP contribution in [0.1, 0.15) is 11.1 Å². The fourth-order valence-electron chi connectivity index (χ4n) is 1.43. The van der Waals surface area contributed by atoms with Crippen LogP contribution in [0.5, 0.6) is 5.75 Å². The lowest BCUT2D eigenvalue weighted by Gasteiger charge is -2.13. The van der Waals surface area contributed by atoms with Gasteiger partial charge < -0.3 is 15.5 Å². The summed E-state index contributed by atoms with van der Waals surface area (Å²) in [5, 5.41) is 3.50. The molecule has 0 fully saturated rings. The van der Waals surface area contributed by atoms with E-state index in [4.69, 9.17) is 10.6 Å². The molecule has 2 N–H and O–H groups in total. The largest absolute Gasteiger partial charge is 0.496 e. The van der Waals surface area contributed by atoms with Crippen molar-refractivity contribution in [3.05, 3.63) is 29.3 Å². The number of methoxy groups -OCH3 is 1. The van der Waals surface area contributed by atoms with Crippen LogP contribution >= 0.6 is 0 Å². The summed E-state index contributed by atoms with van der Waals surface area (Å²) in [6.45, 7) is 0.829. The summed E-state index contributed by atoms with van der Waals surface area (Å²) in [6.07, 6.45) is 1.62. The van der Waals surface area contributed by atoms with Gasteiger partial charge in [0, 0.05) is 12.1 Å². The molecule has 0 aliphatic heterocycles. The Balaban J connectivity index is 3.01. The Bertz CT molecular complexity index is 348. The maximum Gasteiger partial charge on any atom is 0.123 e. The summed E-state index contributed by atoms with van der Waals surface area (Å²) in [7, 11) is 5.71. The topological polar surface area (TPSA) is 50.9 Å². The first-order valence-electron chi connectivity index (χ1n) is 4.72. The molecule has 0 radical (unpaired) electrons. The normalized spacial score (nSPS) is 11.2. The second kappa shape index (κ2) is 5.36. The van der Waals surface area contributed by atoms with E-state index in [1.807, 2.05) is 32.3 Å². The third kappa shape index (κ3) is 3.25. The number of hydrogen-bond acceptors (Lipinski definition) is 4. The Morgan fingerprint density at radius 2 is 2.20 bits per heavy atom. The molecule has 4 nitrogen and oxygen atoms in total. The minimum Gasteiger partial charge on any atom is -0.496 e. The Kier molecular flexibility index (Phi) is 4.12. The predicted molar refractivity (Wildman–Crippen MR) is 62.2 cm³/mol. The Hall–Kier alpha value is -1.55. The molecule has 1 aromatic carbocycles.